The smallest absolute Gasteiger partial charge is 0.331 e. The molecule has 0 fully saturated rings. The van der Waals surface area contributed by atoms with Crippen LogP contribution in [-0.2, 0) is 4.79 Å². The molecule has 0 aliphatic heterocycles. The second-order valence-corrected chi connectivity index (χ2v) is 6.71. The molecule has 0 spiro atoms. The first-order chi connectivity index (χ1) is 11.7. The predicted molar refractivity (Wildman–Crippen MR) is 103 cm³/mol. The first-order valence-electron chi connectivity index (χ1n) is 9.65. The number of hydrogen-bond acceptors (Lipinski definition) is 1. The summed E-state index contributed by atoms with van der Waals surface area (Å²) in [6, 6.07) is 9.94. The summed E-state index contributed by atoms with van der Waals surface area (Å²) in [6.07, 6.45) is 13.9. The van der Waals surface area contributed by atoms with E-state index in [0.717, 1.165) is 24.0 Å². The number of rotatable bonds is 13. The van der Waals surface area contributed by atoms with Crippen molar-refractivity contribution in [1.29, 1.82) is 0 Å². The Morgan fingerprint density at radius 1 is 0.833 bits per heavy atom. The third kappa shape index (κ3) is 8.33. The van der Waals surface area contributed by atoms with Crippen LogP contribution in [0.25, 0.3) is 5.57 Å². The van der Waals surface area contributed by atoms with Crippen LogP contribution in [0.1, 0.15) is 90.0 Å². The van der Waals surface area contributed by atoms with E-state index in [1.807, 2.05) is 30.3 Å². The van der Waals surface area contributed by atoms with Gasteiger partial charge in [-0.3, -0.25) is 0 Å². The SMILES string of the molecule is CCCCCCCCCCCC/C(=C(/C)C(=O)O)c1ccccc1. The van der Waals surface area contributed by atoms with E-state index in [-0.39, 0.29) is 0 Å². The summed E-state index contributed by atoms with van der Waals surface area (Å²) in [6.45, 7) is 3.98. The van der Waals surface area contributed by atoms with Gasteiger partial charge in [0.2, 0.25) is 0 Å². The molecule has 1 N–H and O–H groups in total. The lowest BCUT2D eigenvalue weighted by molar-refractivity contribution is -0.132. The molecule has 0 aliphatic carbocycles. The highest BCUT2D eigenvalue weighted by Crippen LogP contribution is 2.25. The molecule has 0 aromatic heterocycles. The molecule has 0 radical (unpaired) electrons. The average Bonchev–Trinajstić information content (AvgIpc) is 2.60. The van der Waals surface area contributed by atoms with Gasteiger partial charge in [0.25, 0.3) is 0 Å². The topological polar surface area (TPSA) is 37.3 Å². The van der Waals surface area contributed by atoms with Gasteiger partial charge in [-0.05, 0) is 30.9 Å². The van der Waals surface area contributed by atoms with Gasteiger partial charge >= 0.3 is 5.97 Å². The van der Waals surface area contributed by atoms with Gasteiger partial charge in [-0.15, -0.1) is 0 Å². The van der Waals surface area contributed by atoms with E-state index in [0.29, 0.717) is 5.57 Å². The van der Waals surface area contributed by atoms with Crippen LogP contribution in [-0.4, -0.2) is 11.1 Å². The van der Waals surface area contributed by atoms with Crippen LogP contribution in [0, 0.1) is 0 Å². The summed E-state index contributed by atoms with van der Waals surface area (Å²) in [4.78, 5) is 11.3. The van der Waals surface area contributed by atoms with E-state index in [9.17, 15) is 9.90 Å². The number of carboxylic acids is 1. The van der Waals surface area contributed by atoms with Crippen LogP contribution in [0.4, 0.5) is 0 Å². The van der Waals surface area contributed by atoms with Crippen molar-refractivity contribution in [2.24, 2.45) is 0 Å². The number of aliphatic carboxylic acids is 1. The largest absolute Gasteiger partial charge is 0.478 e. The third-order valence-electron chi connectivity index (χ3n) is 4.68. The van der Waals surface area contributed by atoms with Crippen LogP contribution in [0.3, 0.4) is 0 Å². The van der Waals surface area contributed by atoms with Gasteiger partial charge < -0.3 is 5.11 Å². The fourth-order valence-electron chi connectivity index (χ4n) is 3.11. The highest BCUT2D eigenvalue weighted by molar-refractivity contribution is 5.95. The summed E-state index contributed by atoms with van der Waals surface area (Å²) >= 11 is 0. The van der Waals surface area contributed by atoms with Crippen LogP contribution in [0.15, 0.2) is 35.9 Å². The maximum atomic E-state index is 11.3. The highest BCUT2D eigenvalue weighted by Gasteiger charge is 2.11. The minimum absolute atomic E-state index is 0.483. The Hall–Kier alpha value is -1.57. The maximum absolute atomic E-state index is 11.3. The molecule has 0 heterocycles. The minimum atomic E-state index is -0.805. The Morgan fingerprint density at radius 2 is 1.33 bits per heavy atom. The number of hydrogen-bond donors (Lipinski definition) is 1. The van der Waals surface area contributed by atoms with Crippen LogP contribution < -0.4 is 0 Å². The van der Waals surface area contributed by atoms with Crippen molar-refractivity contribution in [3.05, 3.63) is 41.5 Å². The zero-order valence-corrected chi connectivity index (χ0v) is 15.5. The minimum Gasteiger partial charge on any atom is -0.478 e. The summed E-state index contributed by atoms with van der Waals surface area (Å²) in [5, 5.41) is 9.32. The molecule has 0 saturated heterocycles. The van der Waals surface area contributed by atoms with E-state index in [1.165, 1.54) is 57.8 Å². The number of benzene rings is 1. The fraction of sp³-hybridized carbons (Fsp3) is 0.591. The van der Waals surface area contributed by atoms with E-state index >= 15 is 0 Å². The number of carbonyl (C=O) groups is 1. The summed E-state index contributed by atoms with van der Waals surface area (Å²) < 4.78 is 0. The van der Waals surface area contributed by atoms with E-state index in [1.54, 1.807) is 6.92 Å². The van der Waals surface area contributed by atoms with E-state index in [4.69, 9.17) is 0 Å². The highest BCUT2D eigenvalue weighted by atomic mass is 16.4. The quantitative estimate of drug-likeness (QED) is 0.317. The first kappa shape index (κ1) is 20.5. The number of carboxylic acid groups (broad SMARTS) is 1. The lowest BCUT2D eigenvalue weighted by atomic mass is 9.95. The Balaban J connectivity index is 2.30. The van der Waals surface area contributed by atoms with Crippen LogP contribution in [0.5, 0.6) is 0 Å². The molecular formula is C22H34O2. The Labute approximate surface area is 148 Å². The fourth-order valence-corrected chi connectivity index (χ4v) is 3.11. The van der Waals surface area contributed by atoms with Gasteiger partial charge in [0.15, 0.2) is 0 Å². The molecule has 0 atom stereocenters. The first-order valence-corrected chi connectivity index (χ1v) is 9.65. The zero-order chi connectivity index (χ0) is 17.6. The molecule has 1 aromatic rings. The average molecular weight is 331 g/mol. The monoisotopic (exact) mass is 330 g/mol. The van der Waals surface area contributed by atoms with Crippen molar-refractivity contribution in [2.45, 2.75) is 84.5 Å². The van der Waals surface area contributed by atoms with Gasteiger partial charge in [-0.25, -0.2) is 4.79 Å². The summed E-state index contributed by atoms with van der Waals surface area (Å²) in [5.41, 5.74) is 2.52. The summed E-state index contributed by atoms with van der Waals surface area (Å²) in [7, 11) is 0. The van der Waals surface area contributed by atoms with Crippen molar-refractivity contribution in [3.8, 4) is 0 Å². The third-order valence-corrected chi connectivity index (χ3v) is 4.68. The van der Waals surface area contributed by atoms with Crippen molar-refractivity contribution in [2.75, 3.05) is 0 Å². The van der Waals surface area contributed by atoms with Crippen LogP contribution in [0.2, 0.25) is 0 Å². The van der Waals surface area contributed by atoms with Gasteiger partial charge in [-0.2, -0.15) is 0 Å². The van der Waals surface area contributed by atoms with Gasteiger partial charge in [0.05, 0.1) is 0 Å². The van der Waals surface area contributed by atoms with Gasteiger partial charge in [-0.1, -0.05) is 95.0 Å². The van der Waals surface area contributed by atoms with Gasteiger partial charge in [0, 0.05) is 5.57 Å². The molecule has 2 nitrogen and oxygen atoms in total. The van der Waals surface area contributed by atoms with Crippen molar-refractivity contribution >= 4 is 11.5 Å². The molecule has 0 amide bonds. The molecule has 2 heteroatoms. The second-order valence-electron chi connectivity index (χ2n) is 6.71. The standard InChI is InChI=1S/C22H34O2/c1-3-4-5-6-7-8-9-10-11-15-18-21(19(2)22(23)24)20-16-13-12-14-17-20/h12-14,16-17H,3-11,15,18H2,1-2H3,(H,23,24)/b21-19+. The molecule has 0 bridgehead atoms. The number of unbranched alkanes of at least 4 members (excludes halogenated alkanes) is 9. The molecule has 134 valence electrons. The molecule has 1 rings (SSSR count). The second kappa shape index (κ2) is 12.8. The Morgan fingerprint density at radius 3 is 1.83 bits per heavy atom. The van der Waals surface area contributed by atoms with Crippen molar-refractivity contribution < 1.29 is 9.90 Å². The predicted octanol–water partition coefficient (Wildman–Crippen LogP) is 6.86. The molecule has 1 aromatic carbocycles. The zero-order valence-electron chi connectivity index (χ0n) is 15.5. The van der Waals surface area contributed by atoms with E-state index in [2.05, 4.69) is 6.92 Å². The molecule has 0 saturated carbocycles. The Bertz CT molecular complexity index is 488. The van der Waals surface area contributed by atoms with E-state index < -0.39 is 5.97 Å². The molecular weight excluding hydrogens is 296 g/mol. The molecule has 0 unspecified atom stereocenters. The lowest BCUT2D eigenvalue weighted by Crippen LogP contribution is -2.01. The van der Waals surface area contributed by atoms with Gasteiger partial charge in [0.1, 0.15) is 0 Å². The molecule has 24 heavy (non-hydrogen) atoms. The Kier molecular flexibility index (Phi) is 10.9. The normalized spacial score (nSPS) is 12.1. The summed E-state index contributed by atoms with van der Waals surface area (Å²) in [5.74, 6) is -0.805. The van der Waals surface area contributed by atoms with Crippen molar-refractivity contribution in [3.63, 3.8) is 0 Å². The maximum Gasteiger partial charge on any atom is 0.331 e. The van der Waals surface area contributed by atoms with Crippen LogP contribution >= 0.6 is 0 Å². The lowest BCUT2D eigenvalue weighted by Gasteiger charge is -2.10. The molecule has 0 aliphatic rings. The number of allylic oxidation sites excluding steroid dienone is 1. The van der Waals surface area contributed by atoms with Crippen molar-refractivity contribution in [1.82, 2.24) is 0 Å².